The van der Waals surface area contributed by atoms with Crippen LogP contribution in [0.5, 0.6) is 0 Å². The monoisotopic (exact) mass is 395 g/mol. The minimum absolute atomic E-state index is 0.0191. The Morgan fingerprint density at radius 2 is 1.86 bits per heavy atom. The van der Waals surface area contributed by atoms with Gasteiger partial charge in [0, 0.05) is 22.3 Å². The molecule has 2 amide bonds. The second-order valence-electron chi connectivity index (χ2n) is 6.86. The standard InChI is InChI=1S/C21H18ClN3O3/c22-15-6-7-17-14(9-15)10-18(23-17)20(27)24-19(8-13-4-2-1-3-5-13)21(28)25-11-16(26)12-25/h1-7,9-10,19,23H,8,11-12H2,(H,24,27)/t19-/m0/s1. The molecule has 142 valence electrons. The van der Waals surface area contributed by atoms with Crippen LogP contribution in [0, 0.1) is 0 Å². The van der Waals surface area contributed by atoms with Gasteiger partial charge in [-0.15, -0.1) is 0 Å². The Morgan fingerprint density at radius 1 is 1.11 bits per heavy atom. The first-order valence-corrected chi connectivity index (χ1v) is 9.31. The smallest absolute Gasteiger partial charge is 0.268 e. The number of halogens is 1. The van der Waals surface area contributed by atoms with E-state index < -0.39 is 6.04 Å². The van der Waals surface area contributed by atoms with Gasteiger partial charge in [0.2, 0.25) is 5.91 Å². The van der Waals surface area contributed by atoms with Crippen molar-refractivity contribution in [2.45, 2.75) is 12.5 Å². The third kappa shape index (κ3) is 3.77. The number of ketones is 1. The zero-order valence-electron chi connectivity index (χ0n) is 14.9. The van der Waals surface area contributed by atoms with Crippen molar-refractivity contribution >= 4 is 40.1 Å². The number of amides is 2. The number of likely N-dealkylation sites (tertiary alicyclic amines) is 1. The first-order chi connectivity index (χ1) is 13.5. The molecule has 1 saturated heterocycles. The molecule has 4 rings (SSSR count). The van der Waals surface area contributed by atoms with Gasteiger partial charge in [-0.2, -0.15) is 0 Å². The number of H-pyrrole nitrogens is 1. The average molecular weight is 396 g/mol. The van der Waals surface area contributed by atoms with Crippen LogP contribution in [-0.4, -0.2) is 46.6 Å². The van der Waals surface area contributed by atoms with Crippen LogP contribution in [0.25, 0.3) is 10.9 Å². The Kier molecular flexibility index (Phi) is 4.88. The van der Waals surface area contributed by atoms with Gasteiger partial charge in [0.25, 0.3) is 5.91 Å². The molecule has 1 fully saturated rings. The maximum absolute atomic E-state index is 12.8. The van der Waals surface area contributed by atoms with E-state index in [1.165, 1.54) is 4.90 Å². The molecule has 0 unspecified atom stereocenters. The third-order valence-corrected chi connectivity index (χ3v) is 4.99. The average Bonchev–Trinajstić information content (AvgIpc) is 3.08. The Labute approximate surface area is 166 Å². The topological polar surface area (TPSA) is 82.3 Å². The highest BCUT2D eigenvalue weighted by atomic mass is 35.5. The highest BCUT2D eigenvalue weighted by Crippen LogP contribution is 2.20. The summed E-state index contributed by atoms with van der Waals surface area (Å²) < 4.78 is 0. The number of aromatic amines is 1. The number of carbonyl (C=O) groups is 3. The fraction of sp³-hybridized carbons (Fsp3) is 0.190. The van der Waals surface area contributed by atoms with E-state index in [0.717, 1.165) is 16.5 Å². The number of nitrogens with one attached hydrogen (secondary N) is 2. The molecule has 0 radical (unpaired) electrons. The van der Waals surface area contributed by atoms with Gasteiger partial charge in [-0.25, -0.2) is 0 Å². The van der Waals surface area contributed by atoms with E-state index in [1.54, 1.807) is 24.3 Å². The van der Waals surface area contributed by atoms with Gasteiger partial charge < -0.3 is 15.2 Å². The van der Waals surface area contributed by atoms with Crippen molar-refractivity contribution in [1.82, 2.24) is 15.2 Å². The van der Waals surface area contributed by atoms with Crippen LogP contribution in [0.4, 0.5) is 0 Å². The lowest BCUT2D eigenvalue weighted by Gasteiger charge is -2.33. The minimum Gasteiger partial charge on any atom is -0.351 e. The molecular formula is C21H18ClN3O3. The van der Waals surface area contributed by atoms with Gasteiger partial charge >= 0.3 is 0 Å². The summed E-state index contributed by atoms with van der Waals surface area (Å²) in [6.07, 6.45) is 0.349. The summed E-state index contributed by atoms with van der Waals surface area (Å²) >= 11 is 6.00. The van der Waals surface area contributed by atoms with Crippen molar-refractivity contribution in [2.24, 2.45) is 0 Å². The Hall–Kier alpha value is -3.12. The molecule has 1 aromatic heterocycles. The summed E-state index contributed by atoms with van der Waals surface area (Å²) in [5.74, 6) is -0.616. The number of rotatable bonds is 5. The summed E-state index contributed by atoms with van der Waals surface area (Å²) in [4.78, 5) is 41.3. The van der Waals surface area contributed by atoms with Crippen molar-refractivity contribution < 1.29 is 14.4 Å². The van der Waals surface area contributed by atoms with Crippen molar-refractivity contribution in [2.75, 3.05) is 13.1 Å². The molecule has 0 saturated carbocycles. The normalized spacial score (nSPS) is 14.6. The lowest BCUT2D eigenvalue weighted by molar-refractivity contribution is -0.146. The maximum atomic E-state index is 12.8. The van der Waals surface area contributed by atoms with E-state index in [9.17, 15) is 14.4 Å². The Balaban J connectivity index is 1.55. The van der Waals surface area contributed by atoms with Crippen LogP contribution in [0.15, 0.2) is 54.6 Å². The number of nitrogens with zero attached hydrogens (tertiary/aromatic N) is 1. The lowest BCUT2D eigenvalue weighted by Crippen LogP contribution is -2.58. The highest BCUT2D eigenvalue weighted by molar-refractivity contribution is 6.31. The van der Waals surface area contributed by atoms with Gasteiger partial charge in [0.1, 0.15) is 11.7 Å². The summed E-state index contributed by atoms with van der Waals surface area (Å²) in [5, 5.41) is 4.21. The van der Waals surface area contributed by atoms with Crippen molar-refractivity contribution in [3.05, 3.63) is 70.9 Å². The molecule has 0 spiro atoms. The Morgan fingerprint density at radius 3 is 2.57 bits per heavy atom. The van der Waals surface area contributed by atoms with E-state index in [4.69, 9.17) is 11.6 Å². The molecule has 1 aliphatic rings. The molecular weight excluding hydrogens is 378 g/mol. The SMILES string of the molecule is O=C1CN(C(=O)[C@H](Cc2ccccc2)NC(=O)c2cc3cc(Cl)ccc3[nH]2)C1. The van der Waals surface area contributed by atoms with Gasteiger partial charge in [-0.1, -0.05) is 41.9 Å². The fourth-order valence-electron chi connectivity index (χ4n) is 3.27. The van der Waals surface area contributed by atoms with E-state index >= 15 is 0 Å². The quantitative estimate of drug-likeness (QED) is 0.696. The zero-order chi connectivity index (χ0) is 19.7. The van der Waals surface area contributed by atoms with Crippen LogP contribution in [-0.2, 0) is 16.0 Å². The van der Waals surface area contributed by atoms with E-state index in [-0.39, 0.29) is 30.7 Å². The van der Waals surface area contributed by atoms with Crippen molar-refractivity contribution in [1.29, 1.82) is 0 Å². The van der Waals surface area contributed by atoms with Crippen LogP contribution in [0.2, 0.25) is 5.02 Å². The van der Waals surface area contributed by atoms with Crippen LogP contribution in [0.3, 0.4) is 0 Å². The molecule has 7 heteroatoms. The number of Topliss-reactive ketones (excluding diaryl/α,β-unsaturated/α-hetero) is 1. The number of aromatic nitrogens is 1. The zero-order valence-corrected chi connectivity index (χ0v) is 15.7. The van der Waals surface area contributed by atoms with Crippen molar-refractivity contribution in [3.8, 4) is 0 Å². The molecule has 2 aromatic carbocycles. The van der Waals surface area contributed by atoms with Crippen LogP contribution in [0.1, 0.15) is 16.1 Å². The first-order valence-electron chi connectivity index (χ1n) is 8.93. The summed E-state index contributed by atoms with van der Waals surface area (Å²) in [5.41, 5.74) is 2.06. The number of hydrogen-bond donors (Lipinski definition) is 2. The second kappa shape index (κ2) is 7.48. The molecule has 2 N–H and O–H groups in total. The number of benzene rings is 2. The first kappa shape index (κ1) is 18.3. The predicted octanol–water partition coefficient (Wildman–Crippen LogP) is 2.57. The molecule has 3 aromatic rings. The van der Waals surface area contributed by atoms with E-state index in [2.05, 4.69) is 10.3 Å². The predicted molar refractivity (Wildman–Crippen MR) is 106 cm³/mol. The molecule has 1 atom stereocenters. The number of fused-ring (bicyclic) bond motifs is 1. The summed E-state index contributed by atoms with van der Waals surface area (Å²) in [6, 6.07) is 15.7. The van der Waals surface area contributed by atoms with Gasteiger partial charge in [-0.05, 0) is 29.8 Å². The molecule has 0 aliphatic carbocycles. The Bertz CT molecular complexity index is 1050. The highest BCUT2D eigenvalue weighted by Gasteiger charge is 2.34. The molecule has 0 bridgehead atoms. The summed E-state index contributed by atoms with van der Waals surface area (Å²) in [6.45, 7) is 0.204. The largest absolute Gasteiger partial charge is 0.351 e. The van der Waals surface area contributed by atoms with E-state index in [1.807, 2.05) is 30.3 Å². The number of hydrogen-bond acceptors (Lipinski definition) is 3. The molecule has 6 nitrogen and oxygen atoms in total. The van der Waals surface area contributed by atoms with Gasteiger partial charge in [0.05, 0.1) is 13.1 Å². The number of carbonyl (C=O) groups excluding carboxylic acids is 3. The van der Waals surface area contributed by atoms with Crippen LogP contribution >= 0.6 is 11.6 Å². The van der Waals surface area contributed by atoms with Crippen LogP contribution < -0.4 is 5.32 Å². The fourth-order valence-corrected chi connectivity index (χ4v) is 3.45. The second-order valence-corrected chi connectivity index (χ2v) is 7.30. The van der Waals surface area contributed by atoms with Gasteiger partial charge in [-0.3, -0.25) is 14.4 Å². The maximum Gasteiger partial charge on any atom is 0.268 e. The third-order valence-electron chi connectivity index (χ3n) is 4.76. The minimum atomic E-state index is -0.752. The molecule has 28 heavy (non-hydrogen) atoms. The molecule has 2 heterocycles. The molecule has 1 aliphatic heterocycles. The summed E-state index contributed by atoms with van der Waals surface area (Å²) in [7, 11) is 0. The van der Waals surface area contributed by atoms with E-state index in [0.29, 0.717) is 17.1 Å². The van der Waals surface area contributed by atoms with Gasteiger partial charge in [0.15, 0.2) is 5.78 Å². The lowest BCUT2D eigenvalue weighted by atomic mass is 10.0. The van der Waals surface area contributed by atoms with Crippen molar-refractivity contribution in [3.63, 3.8) is 0 Å².